The van der Waals surface area contributed by atoms with E-state index in [1.54, 1.807) is 31.4 Å². The summed E-state index contributed by atoms with van der Waals surface area (Å²) in [6.45, 7) is 4.03. The minimum Gasteiger partial charge on any atom is -0.495 e. The number of nitrogens with one attached hydrogen (secondary N) is 1. The van der Waals surface area contributed by atoms with Crippen molar-refractivity contribution in [3.63, 3.8) is 0 Å². The van der Waals surface area contributed by atoms with E-state index in [9.17, 15) is 9.59 Å². The second kappa shape index (κ2) is 9.28. The highest BCUT2D eigenvalue weighted by atomic mass is 32.2. The number of hydrogen-bond acceptors (Lipinski definition) is 5. The van der Waals surface area contributed by atoms with E-state index in [2.05, 4.69) is 10.3 Å². The molecule has 1 amide bonds. The van der Waals surface area contributed by atoms with Crippen LogP contribution in [0.25, 0.3) is 16.6 Å². The molecule has 3 aromatic carbocycles. The lowest BCUT2D eigenvalue weighted by molar-refractivity contribution is -0.113. The number of aromatic nitrogens is 2. The Bertz CT molecular complexity index is 1360. The highest BCUT2D eigenvalue weighted by Crippen LogP contribution is 2.27. The van der Waals surface area contributed by atoms with Crippen LogP contribution in [0.15, 0.2) is 76.7 Å². The van der Waals surface area contributed by atoms with Gasteiger partial charge in [-0.25, -0.2) is 4.98 Å². The molecular weight excluding hydrogens is 422 g/mol. The van der Waals surface area contributed by atoms with Gasteiger partial charge in [0.15, 0.2) is 5.16 Å². The number of ether oxygens (including phenoxy) is 1. The van der Waals surface area contributed by atoms with E-state index < -0.39 is 0 Å². The standard InChI is InChI=1S/C25H23N3O3S/c1-16-12-13-18(14-17(16)2)26-23(29)15-32-25-27-20-9-5-4-8-19(20)24(30)28(25)21-10-6-7-11-22(21)31-3/h4-14H,15H2,1-3H3,(H,26,29). The van der Waals surface area contributed by atoms with Crippen LogP contribution in [0.3, 0.4) is 0 Å². The number of carbonyl (C=O) groups is 1. The van der Waals surface area contributed by atoms with Gasteiger partial charge in [0.1, 0.15) is 5.75 Å². The first-order valence-corrected chi connectivity index (χ1v) is 11.1. The Labute approximate surface area is 190 Å². The molecule has 162 valence electrons. The molecule has 1 heterocycles. The summed E-state index contributed by atoms with van der Waals surface area (Å²) in [6.07, 6.45) is 0. The van der Waals surface area contributed by atoms with Crippen LogP contribution in [-0.2, 0) is 4.79 Å². The monoisotopic (exact) mass is 445 g/mol. The Morgan fingerprint density at radius 2 is 1.78 bits per heavy atom. The number of benzene rings is 3. The van der Waals surface area contributed by atoms with Crippen molar-refractivity contribution in [1.82, 2.24) is 9.55 Å². The third-order valence-corrected chi connectivity index (χ3v) is 6.13. The molecule has 4 aromatic rings. The molecule has 1 aromatic heterocycles. The van der Waals surface area contributed by atoms with E-state index >= 15 is 0 Å². The van der Waals surface area contributed by atoms with Crippen molar-refractivity contribution in [3.8, 4) is 11.4 Å². The summed E-state index contributed by atoms with van der Waals surface area (Å²) in [5.74, 6) is 0.479. The molecule has 7 heteroatoms. The molecule has 0 unspecified atom stereocenters. The van der Waals surface area contributed by atoms with E-state index in [4.69, 9.17) is 4.74 Å². The molecule has 0 bridgehead atoms. The lowest BCUT2D eigenvalue weighted by atomic mass is 10.1. The second-order valence-corrected chi connectivity index (χ2v) is 8.30. The average Bonchev–Trinajstić information content (AvgIpc) is 2.80. The van der Waals surface area contributed by atoms with Gasteiger partial charge in [0.25, 0.3) is 5.56 Å². The summed E-state index contributed by atoms with van der Waals surface area (Å²) in [4.78, 5) is 30.7. The molecule has 4 rings (SSSR count). The van der Waals surface area contributed by atoms with Crippen LogP contribution in [-0.4, -0.2) is 28.3 Å². The number of nitrogens with zero attached hydrogens (tertiary/aromatic N) is 2. The zero-order valence-electron chi connectivity index (χ0n) is 18.1. The normalized spacial score (nSPS) is 10.8. The topological polar surface area (TPSA) is 73.2 Å². The van der Waals surface area contributed by atoms with Gasteiger partial charge in [0, 0.05) is 5.69 Å². The summed E-state index contributed by atoms with van der Waals surface area (Å²) < 4.78 is 6.98. The first-order chi connectivity index (χ1) is 15.5. The average molecular weight is 446 g/mol. The van der Waals surface area contributed by atoms with E-state index in [0.29, 0.717) is 27.5 Å². The molecule has 0 saturated heterocycles. The van der Waals surface area contributed by atoms with Gasteiger partial charge in [-0.2, -0.15) is 0 Å². The van der Waals surface area contributed by atoms with Gasteiger partial charge in [0.05, 0.1) is 29.5 Å². The van der Waals surface area contributed by atoms with Crippen molar-refractivity contribution >= 4 is 34.3 Å². The number of methoxy groups -OCH3 is 1. The smallest absolute Gasteiger partial charge is 0.266 e. The van der Waals surface area contributed by atoms with Crippen molar-refractivity contribution in [3.05, 3.63) is 88.2 Å². The van der Waals surface area contributed by atoms with Gasteiger partial charge in [0.2, 0.25) is 5.91 Å². The maximum Gasteiger partial charge on any atom is 0.266 e. The van der Waals surface area contributed by atoms with Crippen LogP contribution in [0.5, 0.6) is 5.75 Å². The fourth-order valence-electron chi connectivity index (χ4n) is 3.38. The van der Waals surface area contributed by atoms with Gasteiger partial charge in [-0.3, -0.25) is 14.2 Å². The number of aryl methyl sites for hydroxylation is 2. The maximum atomic E-state index is 13.4. The van der Waals surface area contributed by atoms with Crippen molar-refractivity contribution in [2.45, 2.75) is 19.0 Å². The molecular formula is C25H23N3O3S. The van der Waals surface area contributed by atoms with Crippen molar-refractivity contribution < 1.29 is 9.53 Å². The van der Waals surface area contributed by atoms with Gasteiger partial charge >= 0.3 is 0 Å². The molecule has 0 spiro atoms. The summed E-state index contributed by atoms with van der Waals surface area (Å²) in [5, 5.41) is 3.84. The van der Waals surface area contributed by atoms with Crippen LogP contribution in [0.4, 0.5) is 5.69 Å². The van der Waals surface area contributed by atoms with Crippen LogP contribution >= 0.6 is 11.8 Å². The Kier molecular flexibility index (Phi) is 6.28. The molecule has 32 heavy (non-hydrogen) atoms. The highest BCUT2D eigenvalue weighted by Gasteiger charge is 2.17. The van der Waals surface area contributed by atoms with Crippen LogP contribution in [0.2, 0.25) is 0 Å². The lowest BCUT2D eigenvalue weighted by Gasteiger charge is -2.15. The van der Waals surface area contributed by atoms with Gasteiger partial charge in [-0.15, -0.1) is 0 Å². The SMILES string of the molecule is COc1ccccc1-n1c(SCC(=O)Nc2ccc(C)c(C)c2)nc2ccccc2c1=O. The first kappa shape index (κ1) is 21.6. The van der Waals surface area contributed by atoms with Crippen LogP contribution < -0.4 is 15.6 Å². The van der Waals surface area contributed by atoms with Gasteiger partial charge in [-0.1, -0.05) is 42.1 Å². The quantitative estimate of drug-likeness (QED) is 0.343. The number of hydrogen-bond donors (Lipinski definition) is 1. The summed E-state index contributed by atoms with van der Waals surface area (Å²) in [7, 11) is 1.56. The predicted molar refractivity (Wildman–Crippen MR) is 129 cm³/mol. The third kappa shape index (κ3) is 4.38. The Balaban J connectivity index is 1.69. The van der Waals surface area contributed by atoms with E-state index in [1.165, 1.54) is 21.9 Å². The number of anilines is 1. The second-order valence-electron chi connectivity index (χ2n) is 7.36. The Hall–Kier alpha value is -3.58. The Morgan fingerprint density at radius 1 is 1.03 bits per heavy atom. The molecule has 0 aliphatic heterocycles. The first-order valence-electron chi connectivity index (χ1n) is 10.1. The predicted octanol–water partition coefficient (Wildman–Crippen LogP) is 4.74. The third-order valence-electron chi connectivity index (χ3n) is 5.19. The minimum atomic E-state index is -0.211. The van der Waals surface area contributed by atoms with Gasteiger partial charge < -0.3 is 10.1 Å². The number of carbonyl (C=O) groups excluding carboxylic acids is 1. The number of para-hydroxylation sites is 3. The van der Waals surface area contributed by atoms with E-state index in [0.717, 1.165) is 11.3 Å². The molecule has 0 saturated carbocycles. The van der Waals surface area contributed by atoms with Crippen molar-refractivity contribution in [1.29, 1.82) is 0 Å². The number of rotatable bonds is 6. The fourth-order valence-corrected chi connectivity index (χ4v) is 4.19. The molecule has 1 N–H and O–H groups in total. The summed E-state index contributed by atoms with van der Waals surface area (Å²) in [6, 6.07) is 20.2. The van der Waals surface area contributed by atoms with Crippen molar-refractivity contribution in [2.24, 2.45) is 0 Å². The van der Waals surface area contributed by atoms with Crippen LogP contribution in [0, 0.1) is 13.8 Å². The number of fused-ring (bicyclic) bond motifs is 1. The number of thioether (sulfide) groups is 1. The molecule has 0 atom stereocenters. The van der Waals surface area contributed by atoms with Gasteiger partial charge in [-0.05, 0) is 61.4 Å². The molecule has 0 aliphatic carbocycles. The summed E-state index contributed by atoms with van der Waals surface area (Å²) in [5.41, 5.74) is 3.97. The zero-order chi connectivity index (χ0) is 22.7. The molecule has 0 radical (unpaired) electrons. The largest absolute Gasteiger partial charge is 0.495 e. The van der Waals surface area contributed by atoms with Crippen LogP contribution in [0.1, 0.15) is 11.1 Å². The fraction of sp³-hybridized carbons (Fsp3) is 0.160. The summed E-state index contributed by atoms with van der Waals surface area (Å²) >= 11 is 1.21. The van der Waals surface area contributed by atoms with E-state index in [1.807, 2.05) is 56.3 Å². The highest BCUT2D eigenvalue weighted by molar-refractivity contribution is 7.99. The molecule has 6 nitrogen and oxygen atoms in total. The maximum absolute atomic E-state index is 13.4. The minimum absolute atomic E-state index is 0.104. The van der Waals surface area contributed by atoms with Crippen molar-refractivity contribution in [2.75, 3.05) is 18.2 Å². The molecule has 0 aliphatic rings. The molecule has 0 fully saturated rings. The number of amides is 1. The zero-order valence-corrected chi connectivity index (χ0v) is 18.9. The lowest BCUT2D eigenvalue weighted by Crippen LogP contribution is -2.23. The Morgan fingerprint density at radius 3 is 2.56 bits per heavy atom. The van der Waals surface area contributed by atoms with E-state index in [-0.39, 0.29) is 17.2 Å².